The molecule has 2 heterocycles. The van der Waals surface area contributed by atoms with Gasteiger partial charge in [0.25, 0.3) is 5.91 Å². The summed E-state index contributed by atoms with van der Waals surface area (Å²) in [5.41, 5.74) is 0. The Labute approximate surface area is 103 Å². The van der Waals surface area contributed by atoms with E-state index in [0.717, 1.165) is 32.7 Å². The maximum atomic E-state index is 12.0. The topological polar surface area (TPSA) is 44.8 Å². The fraction of sp³-hybridized carbons (Fsp3) is 0.900. The lowest BCUT2D eigenvalue weighted by Gasteiger charge is -2.35. The normalized spacial score (nSPS) is 27.3. The highest BCUT2D eigenvalue weighted by atomic mass is 35.5. The number of ether oxygens (including phenoxy) is 1. The van der Waals surface area contributed by atoms with E-state index in [1.54, 1.807) is 0 Å². The molecule has 0 saturated carbocycles. The molecule has 2 saturated heterocycles. The van der Waals surface area contributed by atoms with Gasteiger partial charge >= 0.3 is 0 Å². The van der Waals surface area contributed by atoms with Crippen LogP contribution in [0.2, 0.25) is 0 Å². The zero-order chi connectivity index (χ0) is 10.7. The summed E-state index contributed by atoms with van der Waals surface area (Å²) in [6.45, 7) is 5.74. The molecule has 0 unspecified atom stereocenters. The van der Waals surface area contributed by atoms with Gasteiger partial charge in [-0.1, -0.05) is 0 Å². The fourth-order valence-electron chi connectivity index (χ4n) is 1.95. The maximum absolute atomic E-state index is 12.0. The molecule has 2 aliphatic rings. The van der Waals surface area contributed by atoms with Crippen LogP contribution in [0.25, 0.3) is 0 Å². The molecule has 0 aromatic carbocycles. The molecule has 6 heteroatoms. The first-order chi connectivity index (χ1) is 7.27. The molecule has 0 aromatic rings. The van der Waals surface area contributed by atoms with Crippen molar-refractivity contribution in [3.63, 3.8) is 0 Å². The lowest BCUT2D eigenvalue weighted by atomic mass is 10.2. The molecule has 2 fully saturated rings. The fourth-order valence-corrected chi connectivity index (χ4v) is 1.95. The summed E-state index contributed by atoms with van der Waals surface area (Å²) in [4.78, 5) is 16.2. The number of likely N-dealkylation sites (N-methyl/N-ethyl adjacent to an activating group) is 1. The van der Waals surface area contributed by atoms with Crippen molar-refractivity contribution < 1.29 is 9.53 Å². The third kappa shape index (κ3) is 3.31. The summed E-state index contributed by atoms with van der Waals surface area (Å²) in [7, 11) is 2.08. The van der Waals surface area contributed by atoms with Gasteiger partial charge in [0.2, 0.25) is 0 Å². The molecule has 0 spiro atoms. The van der Waals surface area contributed by atoms with E-state index in [4.69, 9.17) is 4.74 Å². The second-order valence-electron chi connectivity index (χ2n) is 4.19. The van der Waals surface area contributed by atoms with Gasteiger partial charge in [0, 0.05) is 39.3 Å². The van der Waals surface area contributed by atoms with Gasteiger partial charge in [0.05, 0.1) is 6.61 Å². The highest BCUT2D eigenvalue weighted by Crippen LogP contribution is 2.06. The van der Waals surface area contributed by atoms with Crippen LogP contribution in [0.15, 0.2) is 0 Å². The second-order valence-corrected chi connectivity index (χ2v) is 4.19. The third-order valence-corrected chi connectivity index (χ3v) is 3.02. The van der Waals surface area contributed by atoms with E-state index >= 15 is 0 Å². The number of morpholine rings is 1. The summed E-state index contributed by atoms with van der Waals surface area (Å²) in [5.74, 6) is 0.148. The quantitative estimate of drug-likeness (QED) is 0.659. The molecule has 1 atom stereocenters. The van der Waals surface area contributed by atoms with E-state index in [-0.39, 0.29) is 24.4 Å². The summed E-state index contributed by atoms with van der Waals surface area (Å²) in [6.07, 6.45) is -0.262. The van der Waals surface area contributed by atoms with Gasteiger partial charge in [0.1, 0.15) is 6.10 Å². The number of rotatable bonds is 1. The lowest BCUT2D eigenvalue weighted by Crippen LogP contribution is -2.54. The summed E-state index contributed by atoms with van der Waals surface area (Å²) in [5, 5.41) is 3.18. The van der Waals surface area contributed by atoms with Crippen LogP contribution in [-0.4, -0.2) is 74.7 Å². The van der Waals surface area contributed by atoms with Crippen LogP contribution in [0.5, 0.6) is 0 Å². The molecule has 94 valence electrons. The number of hydrogen-bond acceptors (Lipinski definition) is 4. The summed E-state index contributed by atoms with van der Waals surface area (Å²) in [6, 6.07) is 0. The molecule has 2 aliphatic heterocycles. The van der Waals surface area contributed by atoms with E-state index in [0.29, 0.717) is 13.2 Å². The number of nitrogens with zero attached hydrogens (tertiary/aromatic N) is 2. The average Bonchev–Trinajstić information content (AvgIpc) is 2.30. The molecule has 0 aliphatic carbocycles. The highest BCUT2D eigenvalue weighted by Gasteiger charge is 2.28. The van der Waals surface area contributed by atoms with Crippen LogP contribution in [0, 0.1) is 0 Å². The largest absolute Gasteiger partial charge is 0.366 e. The molecule has 0 radical (unpaired) electrons. The molecule has 0 bridgehead atoms. The predicted octanol–water partition coefficient (Wildman–Crippen LogP) is -0.829. The molecule has 1 amide bonds. The number of piperazine rings is 1. The van der Waals surface area contributed by atoms with Gasteiger partial charge in [-0.15, -0.1) is 12.4 Å². The first-order valence-corrected chi connectivity index (χ1v) is 5.57. The van der Waals surface area contributed by atoms with Crippen molar-refractivity contribution in [2.45, 2.75) is 6.10 Å². The van der Waals surface area contributed by atoms with Crippen LogP contribution >= 0.6 is 12.4 Å². The van der Waals surface area contributed by atoms with Gasteiger partial charge in [-0.2, -0.15) is 0 Å². The Balaban J connectivity index is 0.00000128. The Morgan fingerprint density at radius 3 is 2.56 bits per heavy atom. The average molecular weight is 250 g/mol. The third-order valence-electron chi connectivity index (χ3n) is 3.02. The zero-order valence-electron chi connectivity index (χ0n) is 9.65. The van der Waals surface area contributed by atoms with Crippen molar-refractivity contribution in [2.24, 2.45) is 0 Å². The van der Waals surface area contributed by atoms with Gasteiger partial charge in [-0.05, 0) is 7.05 Å². The number of carbonyl (C=O) groups is 1. The van der Waals surface area contributed by atoms with Crippen molar-refractivity contribution in [1.82, 2.24) is 15.1 Å². The van der Waals surface area contributed by atoms with E-state index in [2.05, 4.69) is 17.3 Å². The molecule has 5 nitrogen and oxygen atoms in total. The molecule has 0 aromatic heterocycles. The minimum atomic E-state index is -0.262. The van der Waals surface area contributed by atoms with Gasteiger partial charge < -0.3 is 19.9 Å². The SMILES string of the molecule is CN1CCN(C(=O)[C@H]2CNCCO2)CC1.Cl. The number of carbonyl (C=O) groups excluding carboxylic acids is 1. The standard InChI is InChI=1S/C10H19N3O2.ClH/c1-12-3-5-13(6-4-12)10(14)9-8-11-2-7-15-9;/h9,11H,2-8H2,1H3;1H/t9-;/m1./s1. The van der Waals surface area contributed by atoms with Crippen LogP contribution in [0.1, 0.15) is 0 Å². The van der Waals surface area contributed by atoms with Gasteiger partial charge in [0.15, 0.2) is 0 Å². The van der Waals surface area contributed by atoms with Crippen molar-refractivity contribution in [1.29, 1.82) is 0 Å². The minimum Gasteiger partial charge on any atom is -0.366 e. The van der Waals surface area contributed by atoms with E-state index in [1.807, 2.05) is 4.90 Å². The minimum absolute atomic E-state index is 0. The van der Waals surface area contributed by atoms with Crippen molar-refractivity contribution >= 4 is 18.3 Å². The lowest BCUT2D eigenvalue weighted by molar-refractivity contribution is -0.146. The van der Waals surface area contributed by atoms with Gasteiger partial charge in [-0.25, -0.2) is 0 Å². The number of hydrogen-bond donors (Lipinski definition) is 1. The molecular formula is C10H20ClN3O2. The zero-order valence-corrected chi connectivity index (χ0v) is 10.5. The summed E-state index contributed by atoms with van der Waals surface area (Å²) >= 11 is 0. The van der Waals surface area contributed by atoms with Crippen LogP contribution in [0.4, 0.5) is 0 Å². The Bertz CT molecular complexity index is 226. The Hall–Kier alpha value is -0.360. The van der Waals surface area contributed by atoms with E-state index in [1.165, 1.54) is 0 Å². The predicted molar refractivity (Wildman–Crippen MR) is 63.9 cm³/mol. The van der Waals surface area contributed by atoms with Crippen molar-refractivity contribution in [3.05, 3.63) is 0 Å². The van der Waals surface area contributed by atoms with Crippen molar-refractivity contribution in [2.75, 3.05) is 52.9 Å². The van der Waals surface area contributed by atoms with Crippen LogP contribution < -0.4 is 5.32 Å². The molecule has 16 heavy (non-hydrogen) atoms. The van der Waals surface area contributed by atoms with E-state index in [9.17, 15) is 4.79 Å². The highest BCUT2D eigenvalue weighted by molar-refractivity contribution is 5.85. The van der Waals surface area contributed by atoms with Crippen LogP contribution in [-0.2, 0) is 9.53 Å². The Kier molecular flexibility index (Phi) is 5.48. The number of nitrogens with one attached hydrogen (secondary N) is 1. The maximum Gasteiger partial charge on any atom is 0.253 e. The Morgan fingerprint density at radius 2 is 2.00 bits per heavy atom. The summed E-state index contributed by atoms with van der Waals surface area (Å²) < 4.78 is 5.45. The number of halogens is 1. The Morgan fingerprint density at radius 1 is 1.31 bits per heavy atom. The van der Waals surface area contributed by atoms with Crippen molar-refractivity contribution in [3.8, 4) is 0 Å². The molecular weight excluding hydrogens is 230 g/mol. The van der Waals surface area contributed by atoms with Gasteiger partial charge in [-0.3, -0.25) is 4.79 Å². The first-order valence-electron chi connectivity index (χ1n) is 5.57. The number of amides is 1. The van der Waals surface area contributed by atoms with Crippen LogP contribution in [0.3, 0.4) is 0 Å². The first kappa shape index (κ1) is 13.7. The molecule has 2 rings (SSSR count). The van der Waals surface area contributed by atoms with E-state index < -0.39 is 0 Å². The second kappa shape index (κ2) is 6.39. The smallest absolute Gasteiger partial charge is 0.253 e. The monoisotopic (exact) mass is 249 g/mol. The molecule has 1 N–H and O–H groups in total.